The molecule has 0 bridgehead atoms. The molecule has 2 rings (SSSR count). The first-order chi connectivity index (χ1) is 6.34. The van der Waals surface area contributed by atoms with E-state index in [1.54, 1.807) is 6.20 Å². The van der Waals surface area contributed by atoms with Gasteiger partial charge in [0.2, 0.25) is 0 Å². The fourth-order valence-electron chi connectivity index (χ4n) is 0.984. The first-order valence-corrected chi connectivity index (χ1v) is 3.90. The molecule has 0 saturated carbocycles. The molecule has 0 aromatic carbocycles. The van der Waals surface area contributed by atoms with Crippen molar-refractivity contribution in [3.8, 4) is 0 Å². The lowest BCUT2D eigenvalue weighted by molar-refractivity contribution is 1.07. The molecule has 0 saturated heterocycles. The summed E-state index contributed by atoms with van der Waals surface area (Å²) < 4.78 is 0. The van der Waals surface area contributed by atoms with E-state index in [1.807, 2.05) is 19.1 Å². The van der Waals surface area contributed by atoms with Gasteiger partial charge in [0.25, 0.3) is 0 Å². The highest BCUT2D eigenvalue weighted by Gasteiger charge is 1.96. The molecule has 0 aliphatic heterocycles. The van der Waals surface area contributed by atoms with Crippen LogP contribution in [0, 0.1) is 6.92 Å². The van der Waals surface area contributed by atoms with Crippen molar-refractivity contribution in [2.75, 3.05) is 5.32 Å². The van der Waals surface area contributed by atoms with E-state index in [1.165, 1.54) is 6.33 Å². The summed E-state index contributed by atoms with van der Waals surface area (Å²) in [6, 6.07) is 3.69. The number of H-pyrrole nitrogens is 1. The molecule has 0 amide bonds. The molecule has 0 radical (unpaired) electrons. The largest absolute Gasteiger partial charge is 0.323 e. The van der Waals surface area contributed by atoms with Crippen molar-refractivity contribution in [2.45, 2.75) is 6.92 Å². The van der Waals surface area contributed by atoms with E-state index >= 15 is 0 Å². The van der Waals surface area contributed by atoms with Crippen molar-refractivity contribution in [1.82, 2.24) is 20.2 Å². The molecule has 13 heavy (non-hydrogen) atoms. The monoisotopic (exact) mass is 175 g/mol. The summed E-state index contributed by atoms with van der Waals surface area (Å²) in [5.41, 5.74) is 0.924. The number of rotatable bonds is 2. The molecule has 2 aromatic rings. The third-order valence-electron chi connectivity index (χ3n) is 1.56. The zero-order valence-electron chi connectivity index (χ0n) is 7.15. The topological polar surface area (TPSA) is 66.5 Å². The van der Waals surface area contributed by atoms with Gasteiger partial charge in [-0.1, -0.05) is 0 Å². The van der Waals surface area contributed by atoms with Crippen LogP contribution in [-0.4, -0.2) is 20.2 Å². The molecule has 66 valence electrons. The number of nitrogens with zero attached hydrogens (tertiary/aromatic N) is 3. The van der Waals surface area contributed by atoms with Crippen molar-refractivity contribution in [2.24, 2.45) is 0 Å². The Hall–Kier alpha value is -1.91. The van der Waals surface area contributed by atoms with E-state index < -0.39 is 0 Å². The van der Waals surface area contributed by atoms with Crippen LogP contribution in [0.25, 0.3) is 0 Å². The molecule has 2 N–H and O–H groups in total. The summed E-state index contributed by atoms with van der Waals surface area (Å²) >= 11 is 0. The molecule has 0 unspecified atom stereocenters. The Morgan fingerprint density at radius 2 is 2.23 bits per heavy atom. The molecular formula is C8H9N5. The second-order valence-electron chi connectivity index (χ2n) is 2.63. The van der Waals surface area contributed by atoms with Crippen LogP contribution in [0.2, 0.25) is 0 Å². The zero-order valence-corrected chi connectivity index (χ0v) is 7.15. The van der Waals surface area contributed by atoms with Crippen LogP contribution in [0.5, 0.6) is 0 Å². The van der Waals surface area contributed by atoms with Crippen molar-refractivity contribution < 1.29 is 0 Å². The normalized spacial score (nSPS) is 9.92. The molecule has 0 fully saturated rings. The Bertz CT molecular complexity index is 381. The number of aromatic amines is 1. The van der Waals surface area contributed by atoms with Gasteiger partial charge in [-0.3, -0.25) is 5.10 Å². The minimum absolute atomic E-state index is 0.748. The van der Waals surface area contributed by atoms with Crippen LogP contribution < -0.4 is 5.32 Å². The molecule has 0 aliphatic carbocycles. The minimum atomic E-state index is 0.748. The Labute approximate surface area is 75.2 Å². The highest BCUT2D eigenvalue weighted by molar-refractivity contribution is 5.50. The second kappa shape index (κ2) is 3.22. The summed E-state index contributed by atoms with van der Waals surface area (Å²) in [6.45, 7) is 1.91. The Kier molecular flexibility index (Phi) is 1.91. The maximum absolute atomic E-state index is 4.04. The molecule has 0 aliphatic rings. The minimum Gasteiger partial charge on any atom is -0.323 e. The lowest BCUT2D eigenvalue weighted by Crippen LogP contribution is -1.95. The van der Waals surface area contributed by atoms with Gasteiger partial charge in [-0.2, -0.15) is 5.10 Å². The molecule has 5 nitrogen and oxygen atoms in total. The van der Waals surface area contributed by atoms with Gasteiger partial charge in [0.05, 0.1) is 0 Å². The second-order valence-corrected chi connectivity index (χ2v) is 2.63. The summed E-state index contributed by atoms with van der Waals surface area (Å²) in [5, 5.41) is 9.68. The lowest BCUT2D eigenvalue weighted by Gasteiger charge is -2.00. The van der Waals surface area contributed by atoms with E-state index in [-0.39, 0.29) is 0 Å². The van der Waals surface area contributed by atoms with Crippen LogP contribution in [0.15, 0.2) is 24.7 Å². The number of nitrogens with one attached hydrogen (secondary N) is 2. The van der Waals surface area contributed by atoms with Crippen LogP contribution >= 0.6 is 0 Å². The van der Waals surface area contributed by atoms with Gasteiger partial charge in [0.1, 0.15) is 12.1 Å². The molecule has 5 heteroatoms. The number of aryl methyl sites for hydroxylation is 1. The van der Waals surface area contributed by atoms with Crippen LogP contribution in [0.4, 0.5) is 11.6 Å². The highest BCUT2D eigenvalue weighted by atomic mass is 15.2. The fourth-order valence-corrected chi connectivity index (χ4v) is 0.984. The Morgan fingerprint density at radius 3 is 2.92 bits per heavy atom. The summed E-state index contributed by atoms with van der Waals surface area (Å²) in [6.07, 6.45) is 3.26. The van der Waals surface area contributed by atoms with E-state index in [0.29, 0.717) is 0 Å². The predicted octanol–water partition coefficient (Wildman–Crippen LogP) is 1.25. The average molecular weight is 175 g/mol. The SMILES string of the molecule is Cc1cc(Nc2cc[nH]n2)ncn1. The Morgan fingerprint density at radius 1 is 1.31 bits per heavy atom. The van der Waals surface area contributed by atoms with E-state index in [4.69, 9.17) is 0 Å². The van der Waals surface area contributed by atoms with Crippen LogP contribution in [-0.2, 0) is 0 Å². The lowest BCUT2D eigenvalue weighted by atomic mass is 10.4. The molecule has 2 aromatic heterocycles. The summed E-state index contributed by atoms with van der Waals surface area (Å²) in [7, 11) is 0. The molecule has 2 heterocycles. The van der Waals surface area contributed by atoms with Gasteiger partial charge < -0.3 is 5.32 Å². The maximum atomic E-state index is 4.04. The first-order valence-electron chi connectivity index (χ1n) is 3.90. The number of anilines is 2. The standard InChI is InChI=1S/C8H9N5/c1-6-4-8(10-5-9-6)12-7-2-3-11-13-7/h2-5H,1H3,(H2,9,10,11,12,13). The third kappa shape index (κ3) is 1.81. The molecule has 0 spiro atoms. The number of hydrogen-bond donors (Lipinski definition) is 2. The Balaban J connectivity index is 2.19. The van der Waals surface area contributed by atoms with Crippen LogP contribution in [0.3, 0.4) is 0 Å². The van der Waals surface area contributed by atoms with E-state index in [0.717, 1.165) is 17.3 Å². The smallest absolute Gasteiger partial charge is 0.153 e. The quantitative estimate of drug-likeness (QED) is 0.720. The van der Waals surface area contributed by atoms with Crippen molar-refractivity contribution in [3.05, 3.63) is 30.4 Å². The maximum Gasteiger partial charge on any atom is 0.153 e. The summed E-state index contributed by atoms with van der Waals surface area (Å²) in [5.74, 6) is 1.50. The predicted molar refractivity (Wildman–Crippen MR) is 48.6 cm³/mol. The number of aromatic nitrogens is 4. The van der Waals surface area contributed by atoms with Crippen molar-refractivity contribution in [3.63, 3.8) is 0 Å². The van der Waals surface area contributed by atoms with Crippen molar-refractivity contribution >= 4 is 11.6 Å². The van der Waals surface area contributed by atoms with Crippen LogP contribution in [0.1, 0.15) is 5.69 Å². The van der Waals surface area contributed by atoms with Gasteiger partial charge in [-0.25, -0.2) is 9.97 Å². The highest BCUT2D eigenvalue weighted by Crippen LogP contribution is 2.09. The van der Waals surface area contributed by atoms with Gasteiger partial charge in [0, 0.05) is 24.0 Å². The number of hydrogen-bond acceptors (Lipinski definition) is 4. The molecular weight excluding hydrogens is 166 g/mol. The van der Waals surface area contributed by atoms with Gasteiger partial charge in [0.15, 0.2) is 5.82 Å². The van der Waals surface area contributed by atoms with Gasteiger partial charge in [-0.05, 0) is 6.92 Å². The first kappa shape index (κ1) is 7.72. The van der Waals surface area contributed by atoms with E-state index in [2.05, 4.69) is 25.5 Å². The average Bonchev–Trinajstić information content (AvgIpc) is 2.57. The molecule has 0 atom stereocenters. The fraction of sp³-hybridized carbons (Fsp3) is 0.125. The van der Waals surface area contributed by atoms with Gasteiger partial charge >= 0.3 is 0 Å². The van der Waals surface area contributed by atoms with Crippen molar-refractivity contribution in [1.29, 1.82) is 0 Å². The summed E-state index contributed by atoms with van der Waals surface area (Å²) in [4.78, 5) is 8.03. The van der Waals surface area contributed by atoms with Gasteiger partial charge in [-0.15, -0.1) is 0 Å². The van der Waals surface area contributed by atoms with E-state index in [9.17, 15) is 0 Å². The third-order valence-corrected chi connectivity index (χ3v) is 1.56. The zero-order chi connectivity index (χ0) is 9.10.